The maximum absolute atomic E-state index is 12.9. The summed E-state index contributed by atoms with van der Waals surface area (Å²) in [6.45, 7) is 6.52. The SMILES string of the molecule is C=CCC[C@H](O)CN(CCCOC)Cc1ccc(F)cc1. The highest BCUT2D eigenvalue weighted by atomic mass is 19.1. The Morgan fingerprint density at radius 2 is 2.10 bits per heavy atom. The van der Waals surface area contributed by atoms with Crippen LogP contribution in [0.25, 0.3) is 0 Å². The van der Waals surface area contributed by atoms with Crippen LogP contribution >= 0.6 is 0 Å². The minimum absolute atomic E-state index is 0.226. The minimum Gasteiger partial charge on any atom is -0.392 e. The predicted octanol–water partition coefficient (Wildman–Crippen LogP) is 2.99. The maximum atomic E-state index is 12.9. The molecule has 3 nitrogen and oxygen atoms in total. The van der Waals surface area contributed by atoms with Crippen LogP contribution in [0.15, 0.2) is 36.9 Å². The molecule has 0 unspecified atom stereocenters. The van der Waals surface area contributed by atoms with Gasteiger partial charge in [-0.3, -0.25) is 4.90 Å². The first-order valence-electron chi connectivity index (χ1n) is 7.40. The van der Waals surface area contributed by atoms with Crippen LogP contribution in [-0.4, -0.2) is 42.9 Å². The molecule has 0 amide bonds. The maximum Gasteiger partial charge on any atom is 0.123 e. The third-order valence-electron chi connectivity index (χ3n) is 3.32. The summed E-state index contributed by atoms with van der Waals surface area (Å²) in [6.07, 6.45) is 3.88. The third-order valence-corrected chi connectivity index (χ3v) is 3.32. The number of nitrogens with zero attached hydrogens (tertiary/aromatic N) is 1. The van der Waals surface area contributed by atoms with E-state index in [1.54, 1.807) is 19.2 Å². The van der Waals surface area contributed by atoms with Gasteiger partial charge in [-0.25, -0.2) is 4.39 Å². The van der Waals surface area contributed by atoms with Crippen LogP contribution in [0.1, 0.15) is 24.8 Å². The van der Waals surface area contributed by atoms with Gasteiger partial charge in [0.15, 0.2) is 0 Å². The Morgan fingerprint density at radius 1 is 1.38 bits per heavy atom. The fraction of sp³-hybridized carbons (Fsp3) is 0.529. The number of ether oxygens (including phenoxy) is 1. The second-order valence-corrected chi connectivity index (χ2v) is 5.23. The van der Waals surface area contributed by atoms with Gasteiger partial charge in [0.25, 0.3) is 0 Å². The Hall–Kier alpha value is -1.23. The van der Waals surface area contributed by atoms with Gasteiger partial charge in [-0.15, -0.1) is 6.58 Å². The molecule has 1 rings (SSSR count). The summed E-state index contributed by atoms with van der Waals surface area (Å²) < 4.78 is 18.0. The van der Waals surface area contributed by atoms with Crippen molar-refractivity contribution in [3.05, 3.63) is 48.3 Å². The molecular weight excluding hydrogens is 269 g/mol. The Balaban J connectivity index is 2.53. The Labute approximate surface area is 127 Å². The number of halogens is 1. The van der Waals surface area contributed by atoms with Crippen LogP contribution in [-0.2, 0) is 11.3 Å². The van der Waals surface area contributed by atoms with Gasteiger partial charge in [0.05, 0.1) is 6.10 Å². The van der Waals surface area contributed by atoms with Crippen molar-refractivity contribution in [1.82, 2.24) is 4.90 Å². The molecule has 0 saturated carbocycles. The van der Waals surface area contributed by atoms with Crippen molar-refractivity contribution < 1.29 is 14.2 Å². The molecule has 1 aromatic rings. The van der Waals surface area contributed by atoms with E-state index < -0.39 is 0 Å². The fourth-order valence-electron chi connectivity index (χ4n) is 2.21. The number of aliphatic hydroxyl groups is 1. The largest absolute Gasteiger partial charge is 0.392 e. The topological polar surface area (TPSA) is 32.7 Å². The van der Waals surface area contributed by atoms with Crippen LogP contribution in [0.2, 0.25) is 0 Å². The van der Waals surface area contributed by atoms with Crippen LogP contribution in [0, 0.1) is 5.82 Å². The quantitative estimate of drug-likeness (QED) is 0.503. The first-order chi connectivity index (χ1) is 10.2. The molecular formula is C17H26FNO2. The summed E-state index contributed by atoms with van der Waals surface area (Å²) in [5.74, 6) is -0.226. The van der Waals surface area contributed by atoms with Gasteiger partial charge in [0, 0.05) is 33.4 Å². The minimum atomic E-state index is -0.369. The van der Waals surface area contributed by atoms with E-state index in [1.807, 2.05) is 6.08 Å². The molecule has 0 aromatic heterocycles. The zero-order chi connectivity index (χ0) is 15.5. The number of benzene rings is 1. The van der Waals surface area contributed by atoms with Crippen molar-refractivity contribution >= 4 is 0 Å². The van der Waals surface area contributed by atoms with Crippen LogP contribution in [0.3, 0.4) is 0 Å². The number of rotatable bonds is 11. The lowest BCUT2D eigenvalue weighted by Crippen LogP contribution is -2.33. The highest BCUT2D eigenvalue weighted by Crippen LogP contribution is 2.09. The summed E-state index contributed by atoms with van der Waals surface area (Å²) in [6, 6.07) is 6.51. The zero-order valence-electron chi connectivity index (χ0n) is 12.8. The van der Waals surface area contributed by atoms with E-state index in [0.29, 0.717) is 26.1 Å². The van der Waals surface area contributed by atoms with E-state index in [1.165, 1.54) is 12.1 Å². The molecule has 0 aliphatic rings. The fourth-order valence-corrected chi connectivity index (χ4v) is 2.21. The summed E-state index contributed by atoms with van der Waals surface area (Å²) in [5.41, 5.74) is 1.05. The van der Waals surface area contributed by atoms with Gasteiger partial charge in [0.2, 0.25) is 0 Å². The van der Waals surface area contributed by atoms with Crippen molar-refractivity contribution in [2.75, 3.05) is 26.8 Å². The Morgan fingerprint density at radius 3 is 2.71 bits per heavy atom. The number of hydrogen-bond acceptors (Lipinski definition) is 3. The normalized spacial score (nSPS) is 12.6. The Bertz CT molecular complexity index is 394. The van der Waals surface area contributed by atoms with Crippen molar-refractivity contribution in [3.8, 4) is 0 Å². The lowest BCUT2D eigenvalue weighted by atomic mass is 10.1. The number of allylic oxidation sites excluding steroid dienone is 1. The van der Waals surface area contributed by atoms with Crippen molar-refractivity contribution in [2.24, 2.45) is 0 Å². The van der Waals surface area contributed by atoms with Gasteiger partial charge in [0.1, 0.15) is 5.82 Å². The number of methoxy groups -OCH3 is 1. The van der Waals surface area contributed by atoms with Gasteiger partial charge < -0.3 is 9.84 Å². The molecule has 1 N–H and O–H groups in total. The van der Waals surface area contributed by atoms with Gasteiger partial charge >= 0.3 is 0 Å². The molecule has 4 heteroatoms. The van der Waals surface area contributed by atoms with E-state index in [-0.39, 0.29) is 11.9 Å². The lowest BCUT2D eigenvalue weighted by molar-refractivity contribution is 0.0941. The summed E-state index contributed by atoms with van der Waals surface area (Å²) >= 11 is 0. The molecule has 1 atom stereocenters. The average molecular weight is 295 g/mol. The van der Waals surface area contributed by atoms with Crippen LogP contribution < -0.4 is 0 Å². The third kappa shape index (κ3) is 7.95. The number of hydrogen-bond donors (Lipinski definition) is 1. The molecule has 21 heavy (non-hydrogen) atoms. The molecule has 0 saturated heterocycles. The molecule has 0 aliphatic heterocycles. The molecule has 0 bridgehead atoms. The smallest absolute Gasteiger partial charge is 0.123 e. The second-order valence-electron chi connectivity index (χ2n) is 5.23. The van der Waals surface area contributed by atoms with Crippen molar-refractivity contribution in [1.29, 1.82) is 0 Å². The molecule has 1 aromatic carbocycles. The highest BCUT2D eigenvalue weighted by Gasteiger charge is 2.12. The zero-order valence-corrected chi connectivity index (χ0v) is 12.8. The molecule has 0 fully saturated rings. The van der Waals surface area contributed by atoms with Crippen molar-refractivity contribution in [2.45, 2.75) is 31.9 Å². The van der Waals surface area contributed by atoms with E-state index in [2.05, 4.69) is 11.5 Å². The van der Waals surface area contributed by atoms with Crippen LogP contribution in [0.5, 0.6) is 0 Å². The molecule has 0 spiro atoms. The molecule has 0 aliphatic carbocycles. The second kappa shape index (κ2) is 10.5. The number of aliphatic hydroxyl groups excluding tert-OH is 1. The molecule has 0 radical (unpaired) electrons. The molecule has 118 valence electrons. The first kappa shape index (κ1) is 17.8. The Kier molecular flexibility index (Phi) is 8.90. The lowest BCUT2D eigenvalue weighted by Gasteiger charge is -2.25. The van der Waals surface area contributed by atoms with E-state index in [4.69, 9.17) is 4.74 Å². The summed E-state index contributed by atoms with van der Waals surface area (Å²) in [7, 11) is 1.68. The van der Waals surface area contributed by atoms with Gasteiger partial charge in [-0.05, 0) is 37.0 Å². The van der Waals surface area contributed by atoms with Crippen LogP contribution in [0.4, 0.5) is 4.39 Å². The predicted molar refractivity (Wildman–Crippen MR) is 83.6 cm³/mol. The monoisotopic (exact) mass is 295 g/mol. The average Bonchev–Trinajstić information content (AvgIpc) is 2.47. The van der Waals surface area contributed by atoms with Gasteiger partial charge in [-0.2, -0.15) is 0 Å². The molecule has 0 heterocycles. The van der Waals surface area contributed by atoms with E-state index >= 15 is 0 Å². The summed E-state index contributed by atoms with van der Waals surface area (Å²) in [4.78, 5) is 2.18. The highest BCUT2D eigenvalue weighted by molar-refractivity contribution is 5.15. The first-order valence-corrected chi connectivity index (χ1v) is 7.40. The standard InChI is InChI=1S/C17H26FNO2/c1-3-4-6-17(20)14-19(11-5-12-21-2)13-15-7-9-16(18)10-8-15/h3,7-10,17,20H,1,4-6,11-14H2,2H3/t17-/m0/s1. The summed E-state index contributed by atoms with van der Waals surface area (Å²) in [5, 5.41) is 10.0. The van der Waals surface area contributed by atoms with E-state index in [9.17, 15) is 9.50 Å². The van der Waals surface area contributed by atoms with Crippen molar-refractivity contribution in [3.63, 3.8) is 0 Å². The van der Waals surface area contributed by atoms with Gasteiger partial charge in [-0.1, -0.05) is 18.2 Å². The van der Waals surface area contributed by atoms with E-state index in [0.717, 1.165) is 24.9 Å².